The van der Waals surface area contributed by atoms with E-state index in [0.717, 1.165) is 70.4 Å². The molecule has 3 aromatic heterocycles. The van der Waals surface area contributed by atoms with Crippen molar-refractivity contribution in [1.29, 1.82) is 0 Å². The van der Waals surface area contributed by atoms with Gasteiger partial charge in [0.2, 0.25) is 0 Å². The Morgan fingerprint density at radius 1 is 1.16 bits per heavy atom. The maximum absolute atomic E-state index is 5.55. The molecule has 0 radical (unpaired) electrons. The van der Waals surface area contributed by atoms with Gasteiger partial charge in [0.05, 0.1) is 12.8 Å². The average molecular weight is 419 g/mol. The molecule has 5 rings (SSSR count). The fraction of sp³-hybridized carbons (Fsp3) is 0.391. The van der Waals surface area contributed by atoms with E-state index in [1.807, 2.05) is 43.5 Å². The van der Waals surface area contributed by atoms with Gasteiger partial charge in [-0.1, -0.05) is 18.1 Å². The highest BCUT2D eigenvalue weighted by Gasteiger charge is 2.50. The zero-order valence-electron chi connectivity index (χ0n) is 18.5. The van der Waals surface area contributed by atoms with Crippen LogP contribution in [0, 0.1) is 20.8 Å². The van der Waals surface area contributed by atoms with Crippen LogP contribution in [0.1, 0.15) is 48.4 Å². The Labute approximate surface area is 180 Å². The summed E-state index contributed by atoms with van der Waals surface area (Å²) in [5, 5.41) is 12.5. The number of nitrogens with one attached hydrogen (secondary N) is 1. The minimum Gasteiger partial charge on any atom is -0.497 e. The van der Waals surface area contributed by atoms with Gasteiger partial charge in [-0.25, -0.2) is 4.98 Å². The van der Waals surface area contributed by atoms with Gasteiger partial charge in [-0.05, 0) is 56.9 Å². The van der Waals surface area contributed by atoms with Gasteiger partial charge in [-0.2, -0.15) is 14.6 Å². The van der Waals surface area contributed by atoms with Crippen molar-refractivity contribution in [2.75, 3.05) is 12.4 Å². The maximum atomic E-state index is 5.55. The van der Waals surface area contributed by atoms with Crippen molar-refractivity contribution in [3.8, 4) is 16.9 Å². The molecule has 1 fully saturated rings. The highest BCUT2D eigenvalue weighted by molar-refractivity contribution is 5.83. The molecule has 1 aliphatic carbocycles. The molecule has 31 heavy (non-hydrogen) atoms. The fourth-order valence-electron chi connectivity index (χ4n) is 4.05. The molecule has 1 saturated carbocycles. The van der Waals surface area contributed by atoms with Gasteiger partial charge in [-0.3, -0.25) is 0 Å². The number of methoxy groups -OCH3 is 1. The van der Waals surface area contributed by atoms with E-state index in [9.17, 15) is 0 Å². The third-order valence-corrected chi connectivity index (χ3v) is 5.91. The molecule has 0 bridgehead atoms. The van der Waals surface area contributed by atoms with Gasteiger partial charge in [-0.15, -0.1) is 0 Å². The number of aryl methyl sites for hydroxylation is 4. The number of aromatic nitrogens is 5. The zero-order chi connectivity index (χ0) is 21.8. The Hall–Kier alpha value is -3.42. The van der Waals surface area contributed by atoms with Crippen LogP contribution in [0.3, 0.4) is 0 Å². The smallest absolute Gasteiger partial charge is 0.252 e. The molecule has 160 valence electrons. The predicted molar refractivity (Wildman–Crippen MR) is 117 cm³/mol. The topological polar surface area (TPSA) is 90.4 Å². The number of hydrogen-bond donors (Lipinski definition) is 1. The van der Waals surface area contributed by atoms with E-state index in [0.29, 0.717) is 5.89 Å². The Kier molecular flexibility index (Phi) is 4.46. The van der Waals surface area contributed by atoms with E-state index in [-0.39, 0.29) is 5.54 Å². The van der Waals surface area contributed by atoms with Crippen molar-refractivity contribution in [3.63, 3.8) is 0 Å². The Morgan fingerprint density at radius 2 is 1.97 bits per heavy atom. The summed E-state index contributed by atoms with van der Waals surface area (Å²) in [6.07, 6.45) is 2.62. The van der Waals surface area contributed by atoms with Gasteiger partial charge in [0.15, 0.2) is 11.5 Å². The molecule has 0 spiro atoms. The van der Waals surface area contributed by atoms with Crippen LogP contribution in [-0.4, -0.2) is 31.8 Å². The highest BCUT2D eigenvalue weighted by atomic mass is 16.5. The van der Waals surface area contributed by atoms with E-state index in [2.05, 4.69) is 28.4 Å². The molecule has 0 unspecified atom stereocenters. The second-order valence-corrected chi connectivity index (χ2v) is 8.24. The van der Waals surface area contributed by atoms with Gasteiger partial charge in [0.25, 0.3) is 5.89 Å². The molecule has 0 saturated heterocycles. The molecule has 1 aliphatic rings. The van der Waals surface area contributed by atoms with Crippen LogP contribution in [0.2, 0.25) is 0 Å². The lowest BCUT2D eigenvalue weighted by atomic mass is 10.0. The lowest BCUT2D eigenvalue weighted by Gasteiger charge is -2.16. The zero-order valence-corrected chi connectivity index (χ0v) is 18.5. The molecule has 1 N–H and O–H groups in total. The molecule has 8 nitrogen and oxygen atoms in total. The van der Waals surface area contributed by atoms with Crippen molar-refractivity contribution in [1.82, 2.24) is 24.7 Å². The number of hydrogen-bond acceptors (Lipinski definition) is 7. The van der Waals surface area contributed by atoms with Crippen LogP contribution in [0.15, 0.2) is 28.8 Å². The summed E-state index contributed by atoms with van der Waals surface area (Å²) < 4.78 is 12.8. The lowest BCUT2D eigenvalue weighted by molar-refractivity contribution is 0.351. The second kappa shape index (κ2) is 7.08. The van der Waals surface area contributed by atoms with Crippen LogP contribution in [-0.2, 0) is 12.0 Å². The van der Waals surface area contributed by atoms with Crippen LogP contribution in [0.5, 0.6) is 5.75 Å². The molecule has 0 aliphatic heterocycles. The first kappa shape index (κ1) is 19.5. The summed E-state index contributed by atoms with van der Waals surface area (Å²) >= 11 is 0. The van der Waals surface area contributed by atoms with Crippen molar-refractivity contribution >= 4 is 11.5 Å². The minimum absolute atomic E-state index is 0.336. The third-order valence-electron chi connectivity index (χ3n) is 5.91. The summed E-state index contributed by atoms with van der Waals surface area (Å²) in [6.45, 7) is 8.12. The Morgan fingerprint density at radius 3 is 2.61 bits per heavy atom. The molecule has 0 atom stereocenters. The first-order chi connectivity index (χ1) is 14.9. The van der Waals surface area contributed by atoms with E-state index < -0.39 is 0 Å². The average Bonchev–Trinajstić information content (AvgIpc) is 3.22. The predicted octanol–water partition coefficient (Wildman–Crippen LogP) is 4.38. The molecule has 8 heteroatoms. The number of fused-ring (bicyclic) bond motifs is 1. The van der Waals surface area contributed by atoms with Gasteiger partial charge >= 0.3 is 0 Å². The Bertz CT molecular complexity index is 1280. The first-order valence-electron chi connectivity index (χ1n) is 10.6. The monoisotopic (exact) mass is 418 g/mol. The van der Waals surface area contributed by atoms with E-state index in [4.69, 9.17) is 19.3 Å². The third kappa shape index (κ3) is 3.22. The standard InChI is InChI=1S/C23H26N6O2/c1-6-18-25-22(31-28-18)23(9-10-23)26-19-12-14(3)24-21-20(15(4)27-29(19)21)17-8-7-16(30-5)11-13(17)2/h7-8,11-12,26H,6,9-10H2,1-5H3. The molecule has 4 aromatic rings. The van der Waals surface area contributed by atoms with Crippen molar-refractivity contribution in [2.45, 2.75) is 52.5 Å². The quantitative estimate of drug-likeness (QED) is 0.497. The van der Waals surface area contributed by atoms with Crippen molar-refractivity contribution < 1.29 is 9.26 Å². The maximum Gasteiger partial charge on any atom is 0.252 e. The van der Waals surface area contributed by atoms with Gasteiger partial charge in [0, 0.05) is 23.7 Å². The lowest BCUT2D eigenvalue weighted by Crippen LogP contribution is -2.21. The second-order valence-electron chi connectivity index (χ2n) is 8.24. The van der Waals surface area contributed by atoms with Gasteiger partial charge < -0.3 is 14.6 Å². The van der Waals surface area contributed by atoms with Crippen LogP contribution >= 0.6 is 0 Å². The molecular weight excluding hydrogens is 392 g/mol. The van der Waals surface area contributed by atoms with Crippen LogP contribution in [0.25, 0.3) is 16.8 Å². The summed E-state index contributed by atoms with van der Waals surface area (Å²) in [4.78, 5) is 9.40. The summed E-state index contributed by atoms with van der Waals surface area (Å²) in [7, 11) is 1.68. The number of rotatable bonds is 6. The van der Waals surface area contributed by atoms with Crippen molar-refractivity contribution in [3.05, 3.63) is 52.9 Å². The Balaban J connectivity index is 1.61. The van der Waals surface area contributed by atoms with Gasteiger partial charge in [0.1, 0.15) is 17.1 Å². The van der Waals surface area contributed by atoms with E-state index in [1.54, 1.807) is 7.11 Å². The minimum atomic E-state index is -0.336. The molecule has 3 heterocycles. The fourth-order valence-corrected chi connectivity index (χ4v) is 4.05. The summed E-state index contributed by atoms with van der Waals surface area (Å²) in [5.41, 5.74) is 5.57. The number of ether oxygens (including phenoxy) is 1. The van der Waals surface area contributed by atoms with E-state index >= 15 is 0 Å². The summed E-state index contributed by atoms with van der Waals surface area (Å²) in [5.74, 6) is 3.08. The van der Waals surface area contributed by atoms with Crippen LogP contribution in [0.4, 0.5) is 5.82 Å². The summed E-state index contributed by atoms with van der Waals surface area (Å²) in [6, 6.07) is 8.09. The molecular formula is C23H26N6O2. The van der Waals surface area contributed by atoms with Crippen molar-refractivity contribution in [2.24, 2.45) is 0 Å². The highest BCUT2D eigenvalue weighted by Crippen LogP contribution is 2.47. The van der Waals surface area contributed by atoms with Crippen LogP contribution < -0.4 is 10.1 Å². The first-order valence-corrected chi connectivity index (χ1v) is 10.6. The number of anilines is 1. The molecule has 1 aromatic carbocycles. The van der Waals surface area contributed by atoms with E-state index in [1.165, 1.54) is 0 Å². The number of benzene rings is 1. The molecule has 0 amide bonds. The largest absolute Gasteiger partial charge is 0.497 e. The number of nitrogens with zero attached hydrogens (tertiary/aromatic N) is 5. The SMILES string of the molecule is CCc1noc(C2(Nc3cc(C)nc4c(-c5ccc(OC)cc5C)c(C)nn34)CC2)n1. The normalized spacial score (nSPS) is 14.7.